The van der Waals surface area contributed by atoms with Crippen LogP contribution >= 0.6 is 0 Å². The van der Waals surface area contributed by atoms with Crippen molar-refractivity contribution in [3.63, 3.8) is 0 Å². The fourth-order valence-electron chi connectivity index (χ4n) is 5.94. The number of pyridine rings is 1. The number of amides is 1. The maximum atomic E-state index is 13.0. The van der Waals surface area contributed by atoms with Crippen LogP contribution in [0.15, 0.2) is 54.7 Å². The van der Waals surface area contributed by atoms with Crippen molar-refractivity contribution in [2.24, 2.45) is 11.3 Å². The average Bonchev–Trinajstić information content (AvgIpc) is 3.27. The van der Waals surface area contributed by atoms with E-state index in [-0.39, 0.29) is 16.7 Å². The number of nitrogens with zero attached hydrogens (tertiary/aromatic N) is 2. The van der Waals surface area contributed by atoms with Crippen molar-refractivity contribution >= 4 is 5.91 Å². The molecule has 158 valence electrons. The minimum Gasteiger partial charge on any atom is -0.355 e. The van der Waals surface area contributed by atoms with Crippen LogP contribution in [0.25, 0.3) is 0 Å². The Labute approximate surface area is 180 Å². The Morgan fingerprint density at radius 3 is 2.43 bits per heavy atom. The second kappa shape index (κ2) is 8.14. The molecular formula is C26H33N3O. The van der Waals surface area contributed by atoms with Crippen LogP contribution in [0.1, 0.15) is 56.2 Å². The number of piperidine rings is 1. The van der Waals surface area contributed by atoms with Gasteiger partial charge in [0.15, 0.2) is 0 Å². The Balaban J connectivity index is 1.14. The number of rotatable bonds is 6. The van der Waals surface area contributed by atoms with E-state index in [0.717, 1.165) is 51.1 Å². The van der Waals surface area contributed by atoms with Gasteiger partial charge >= 0.3 is 0 Å². The number of hydrogen-bond donors (Lipinski definition) is 1. The number of nitrogens with one attached hydrogen (secondary N) is 1. The summed E-state index contributed by atoms with van der Waals surface area (Å²) in [5, 5.41) is 3.39. The Bertz CT molecular complexity index is 852. The van der Waals surface area contributed by atoms with Gasteiger partial charge in [-0.1, -0.05) is 49.2 Å². The molecule has 0 radical (unpaired) electrons. The van der Waals surface area contributed by atoms with Gasteiger partial charge in [-0.05, 0) is 68.3 Å². The molecule has 4 nitrogen and oxygen atoms in total. The molecule has 1 spiro atoms. The van der Waals surface area contributed by atoms with Crippen molar-refractivity contribution in [2.75, 3.05) is 19.6 Å². The van der Waals surface area contributed by atoms with Crippen LogP contribution in [0.5, 0.6) is 0 Å². The summed E-state index contributed by atoms with van der Waals surface area (Å²) in [5.74, 6) is 0.527. The van der Waals surface area contributed by atoms with Gasteiger partial charge in [0.1, 0.15) is 0 Å². The zero-order chi connectivity index (χ0) is 20.4. The summed E-state index contributed by atoms with van der Waals surface area (Å²) in [6, 6.07) is 17.0. The summed E-state index contributed by atoms with van der Waals surface area (Å²) >= 11 is 0. The molecule has 3 aliphatic rings. The molecule has 4 heteroatoms. The SMILES string of the molecule is O=C(NCC1(c2ccccc2)CCCC1)C1CC12CCN(Cc1ccccn1)CC2. The van der Waals surface area contributed by atoms with E-state index in [2.05, 4.69) is 57.7 Å². The molecule has 1 amide bonds. The minimum absolute atomic E-state index is 0.144. The third-order valence-electron chi connectivity index (χ3n) is 8.02. The van der Waals surface area contributed by atoms with Crippen molar-refractivity contribution < 1.29 is 4.79 Å². The van der Waals surface area contributed by atoms with E-state index < -0.39 is 0 Å². The minimum atomic E-state index is 0.144. The fraction of sp³-hybridized carbons (Fsp3) is 0.538. The second-order valence-electron chi connectivity index (χ2n) is 9.79. The molecule has 1 aliphatic heterocycles. The lowest BCUT2D eigenvalue weighted by Crippen LogP contribution is -2.41. The number of hydrogen-bond acceptors (Lipinski definition) is 3. The highest BCUT2D eigenvalue weighted by Crippen LogP contribution is 2.59. The Kier molecular flexibility index (Phi) is 5.36. The molecule has 1 saturated heterocycles. The highest BCUT2D eigenvalue weighted by atomic mass is 16.2. The molecule has 2 aromatic rings. The van der Waals surface area contributed by atoms with Crippen molar-refractivity contribution in [3.8, 4) is 0 Å². The zero-order valence-electron chi connectivity index (χ0n) is 17.9. The first-order valence-corrected chi connectivity index (χ1v) is 11.6. The van der Waals surface area contributed by atoms with Gasteiger partial charge in [-0.25, -0.2) is 0 Å². The van der Waals surface area contributed by atoms with E-state index in [1.165, 1.54) is 31.2 Å². The van der Waals surface area contributed by atoms with Gasteiger partial charge < -0.3 is 5.32 Å². The molecule has 30 heavy (non-hydrogen) atoms. The van der Waals surface area contributed by atoms with E-state index in [1.807, 2.05) is 12.3 Å². The maximum absolute atomic E-state index is 13.0. The first-order valence-electron chi connectivity index (χ1n) is 11.6. The number of carbonyl (C=O) groups excluding carboxylic acids is 1. The molecule has 2 aliphatic carbocycles. The quantitative estimate of drug-likeness (QED) is 0.782. The van der Waals surface area contributed by atoms with Gasteiger partial charge in [-0.3, -0.25) is 14.7 Å². The number of benzene rings is 1. The Hall–Kier alpha value is -2.20. The Morgan fingerprint density at radius 2 is 1.73 bits per heavy atom. The van der Waals surface area contributed by atoms with Crippen LogP contribution in [0.2, 0.25) is 0 Å². The van der Waals surface area contributed by atoms with E-state index in [1.54, 1.807) is 0 Å². The molecule has 3 fully saturated rings. The number of aromatic nitrogens is 1. The molecule has 2 heterocycles. The maximum Gasteiger partial charge on any atom is 0.223 e. The van der Waals surface area contributed by atoms with E-state index in [0.29, 0.717) is 5.91 Å². The molecule has 1 unspecified atom stereocenters. The van der Waals surface area contributed by atoms with Gasteiger partial charge in [0.25, 0.3) is 0 Å². The smallest absolute Gasteiger partial charge is 0.223 e. The molecular weight excluding hydrogens is 370 g/mol. The van der Waals surface area contributed by atoms with Gasteiger partial charge in [0, 0.05) is 30.6 Å². The number of carbonyl (C=O) groups is 1. The highest BCUT2D eigenvalue weighted by Gasteiger charge is 2.58. The first-order chi connectivity index (χ1) is 14.7. The zero-order valence-corrected chi connectivity index (χ0v) is 17.9. The molecule has 1 aromatic carbocycles. The van der Waals surface area contributed by atoms with Crippen LogP contribution < -0.4 is 5.32 Å². The summed E-state index contributed by atoms with van der Waals surface area (Å²) in [6.45, 7) is 3.88. The topological polar surface area (TPSA) is 45.2 Å². The molecule has 5 rings (SSSR count). The fourth-order valence-corrected chi connectivity index (χ4v) is 5.94. The molecule has 1 atom stereocenters. The molecule has 1 aromatic heterocycles. The first kappa shape index (κ1) is 19.7. The number of likely N-dealkylation sites (tertiary alicyclic amines) is 1. The molecule has 2 saturated carbocycles. The summed E-state index contributed by atoms with van der Waals surface area (Å²) < 4.78 is 0. The van der Waals surface area contributed by atoms with Gasteiger partial charge in [0.2, 0.25) is 5.91 Å². The monoisotopic (exact) mass is 403 g/mol. The summed E-state index contributed by atoms with van der Waals surface area (Å²) in [7, 11) is 0. The predicted octanol–water partition coefficient (Wildman–Crippen LogP) is 4.31. The van der Waals surface area contributed by atoms with Crippen LogP contribution in [0.3, 0.4) is 0 Å². The van der Waals surface area contributed by atoms with E-state index in [4.69, 9.17) is 0 Å². The van der Waals surface area contributed by atoms with Crippen LogP contribution in [-0.2, 0) is 16.8 Å². The van der Waals surface area contributed by atoms with Crippen molar-refractivity contribution in [1.82, 2.24) is 15.2 Å². The Morgan fingerprint density at radius 1 is 1.00 bits per heavy atom. The third-order valence-corrected chi connectivity index (χ3v) is 8.02. The third kappa shape index (κ3) is 3.90. The lowest BCUT2D eigenvalue weighted by atomic mass is 9.78. The van der Waals surface area contributed by atoms with Crippen molar-refractivity contribution in [3.05, 3.63) is 66.0 Å². The lowest BCUT2D eigenvalue weighted by molar-refractivity contribution is -0.123. The molecule has 1 N–H and O–H groups in total. The second-order valence-corrected chi connectivity index (χ2v) is 9.79. The van der Waals surface area contributed by atoms with Gasteiger partial charge in [-0.2, -0.15) is 0 Å². The normalized spacial score (nSPS) is 24.6. The standard InChI is InChI=1S/C26H33N3O/c30-24(28-20-26(11-5-6-12-26)21-8-2-1-3-9-21)23-18-25(23)13-16-29(17-14-25)19-22-10-4-7-15-27-22/h1-4,7-10,15,23H,5-6,11-14,16-20H2,(H,28,30). The average molecular weight is 404 g/mol. The predicted molar refractivity (Wildman–Crippen MR) is 119 cm³/mol. The van der Waals surface area contributed by atoms with E-state index in [9.17, 15) is 4.79 Å². The van der Waals surface area contributed by atoms with Crippen LogP contribution in [0.4, 0.5) is 0 Å². The van der Waals surface area contributed by atoms with Gasteiger partial charge in [0.05, 0.1) is 5.69 Å². The van der Waals surface area contributed by atoms with Crippen molar-refractivity contribution in [2.45, 2.75) is 56.9 Å². The van der Waals surface area contributed by atoms with Crippen LogP contribution in [-0.4, -0.2) is 35.4 Å². The largest absolute Gasteiger partial charge is 0.355 e. The van der Waals surface area contributed by atoms with E-state index >= 15 is 0 Å². The summed E-state index contributed by atoms with van der Waals surface area (Å²) in [4.78, 5) is 20.0. The van der Waals surface area contributed by atoms with Crippen LogP contribution in [0, 0.1) is 11.3 Å². The van der Waals surface area contributed by atoms with Crippen molar-refractivity contribution in [1.29, 1.82) is 0 Å². The van der Waals surface area contributed by atoms with Gasteiger partial charge in [-0.15, -0.1) is 0 Å². The summed E-state index contributed by atoms with van der Waals surface area (Å²) in [5.41, 5.74) is 2.95. The lowest BCUT2D eigenvalue weighted by Gasteiger charge is -2.33. The molecule has 0 bridgehead atoms. The summed E-state index contributed by atoms with van der Waals surface area (Å²) in [6.07, 6.45) is 10.1. The highest BCUT2D eigenvalue weighted by molar-refractivity contribution is 5.82.